The van der Waals surface area contributed by atoms with Crippen LogP contribution in [0.4, 0.5) is 8.78 Å². The number of nitrogens with zero attached hydrogens (tertiary/aromatic N) is 1. The molecule has 0 unspecified atom stereocenters. The second kappa shape index (κ2) is 12.6. The summed E-state index contributed by atoms with van der Waals surface area (Å²) in [5.74, 6) is -4.69. The van der Waals surface area contributed by atoms with Crippen molar-refractivity contribution in [3.63, 3.8) is 0 Å². The molecule has 4 N–H and O–H groups in total. The van der Waals surface area contributed by atoms with Crippen molar-refractivity contribution in [3.05, 3.63) is 33.1 Å². The standard InChI is InChI=1S/C22H35F2N4O9PS/c1-11(2)35-16(30)13(5)26-38(39,27-14(6)17(31)36-12(3)4)34-10-22(24)18(32)21(7,23)19(37-22)28-9-8-15(29)25-20(28)33/h8-9,11-14,18-19,32H,10H2,1-7H3,(H,25,29,33)(H2,26,27,39)/t13-,14-,18-,19+,21+,22+/m0/s1. The van der Waals surface area contributed by atoms with Gasteiger partial charge in [-0.3, -0.25) is 23.9 Å². The van der Waals surface area contributed by atoms with E-state index in [1.165, 1.54) is 13.8 Å². The molecule has 6 atom stereocenters. The fourth-order valence-corrected chi connectivity index (χ4v) is 6.47. The van der Waals surface area contributed by atoms with Crippen LogP contribution in [0.1, 0.15) is 54.7 Å². The van der Waals surface area contributed by atoms with E-state index in [1.807, 2.05) is 4.98 Å². The van der Waals surface area contributed by atoms with E-state index in [-0.39, 0.29) is 0 Å². The monoisotopic (exact) mass is 600 g/mol. The number of hydrogen-bond acceptors (Lipinski definition) is 10. The van der Waals surface area contributed by atoms with Crippen molar-refractivity contribution in [1.29, 1.82) is 0 Å². The van der Waals surface area contributed by atoms with Gasteiger partial charge in [0, 0.05) is 12.3 Å². The maximum Gasteiger partial charge on any atom is 0.330 e. The van der Waals surface area contributed by atoms with Crippen LogP contribution in [0.3, 0.4) is 0 Å². The van der Waals surface area contributed by atoms with Gasteiger partial charge < -0.3 is 23.8 Å². The van der Waals surface area contributed by atoms with Gasteiger partial charge in [0.05, 0.1) is 12.2 Å². The van der Waals surface area contributed by atoms with Crippen LogP contribution in [0.2, 0.25) is 0 Å². The van der Waals surface area contributed by atoms with Gasteiger partial charge in [-0.25, -0.2) is 23.7 Å². The van der Waals surface area contributed by atoms with Crippen LogP contribution in [0.5, 0.6) is 0 Å². The number of hydrogen-bond donors (Lipinski definition) is 4. The molecule has 17 heteroatoms. The number of alkyl halides is 2. The van der Waals surface area contributed by atoms with E-state index in [2.05, 4.69) is 10.2 Å². The van der Waals surface area contributed by atoms with Crippen molar-refractivity contribution < 1.29 is 42.2 Å². The van der Waals surface area contributed by atoms with E-state index in [0.717, 1.165) is 19.2 Å². The topological polar surface area (TPSA) is 170 Å². The number of aromatic amines is 1. The summed E-state index contributed by atoms with van der Waals surface area (Å²) in [6, 6.07) is -1.30. The summed E-state index contributed by atoms with van der Waals surface area (Å²) < 4.78 is 53.0. The fraction of sp³-hybridized carbons (Fsp3) is 0.727. The number of aromatic nitrogens is 2. The van der Waals surface area contributed by atoms with Crippen LogP contribution in [0.25, 0.3) is 0 Å². The number of aliphatic hydroxyl groups excluding tert-OH is 1. The molecule has 0 aliphatic carbocycles. The van der Waals surface area contributed by atoms with Gasteiger partial charge in [-0.15, -0.1) is 0 Å². The van der Waals surface area contributed by atoms with Crippen molar-refractivity contribution in [2.24, 2.45) is 0 Å². The summed E-state index contributed by atoms with van der Waals surface area (Å²) in [4.78, 5) is 50.2. The molecule has 222 valence electrons. The van der Waals surface area contributed by atoms with E-state index < -0.39 is 84.5 Å². The largest absolute Gasteiger partial charge is 0.462 e. The van der Waals surface area contributed by atoms with E-state index in [1.54, 1.807) is 27.7 Å². The first-order valence-electron chi connectivity index (χ1n) is 12.1. The third-order valence-corrected chi connectivity index (χ3v) is 8.31. The van der Waals surface area contributed by atoms with Crippen LogP contribution < -0.4 is 21.4 Å². The predicted octanol–water partition coefficient (Wildman–Crippen LogP) is 0.921. The number of aliphatic hydroxyl groups is 1. The van der Waals surface area contributed by atoms with Crippen LogP contribution in [-0.2, 0) is 40.1 Å². The summed E-state index contributed by atoms with van der Waals surface area (Å²) in [6.45, 7) is 5.20. The lowest BCUT2D eigenvalue weighted by molar-refractivity contribution is -0.202. The molecule has 1 aliphatic heterocycles. The van der Waals surface area contributed by atoms with Gasteiger partial charge in [0.1, 0.15) is 18.7 Å². The molecule has 1 aromatic rings. The van der Waals surface area contributed by atoms with E-state index in [4.69, 9.17) is 30.5 Å². The Hall–Kier alpha value is -2.07. The van der Waals surface area contributed by atoms with Gasteiger partial charge in [0.2, 0.25) is 0 Å². The van der Waals surface area contributed by atoms with Crippen molar-refractivity contribution in [2.45, 2.75) is 96.6 Å². The molecule has 0 bridgehead atoms. The zero-order valence-electron chi connectivity index (χ0n) is 22.6. The Kier molecular flexibility index (Phi) is 10.7. The fourth-order valence-electron chi connectivity index (χ4n) is 3.55. The molecule has 2 rings (SSSR count). The summed E-state index contributed by atoms with van der Waals surface area (Å²) in [5, 5.41) is 15.9. The van der Waals surface area contributed by atoms with Crippen LogP contribution in [0, 0.1) is 0 Å². The molecule has 1 saturated heterocycles. The van der Waals surface area contributed by atoms with Gasteiger partial charge in [-0.2, -0.15) is 0 Å². The highest BCUT2D eigenvalue weighted by Crippen LogP contribution is 2.50. The molecule has 39 heavy (non-hydrogen) atoms. The Morgan fingerprint density at radius 2 is 1.62 bits per heavy atom. The maximum atomic E-state index is 15.9. The third-order valence-electron chi connectivity index (χ3n) is 5.42. The molecule has 1 aliphatic rings. The SMILES string of the molecule is CC(C)OC(=O)[C@H](C)NP(=S)(N[C@@H](C)C(=O)OC(C)C)OC[C@@]1(F)O[C@@H](n2ccc(=O)[nH]c2=O)[C@](C)(F)[C@@H]1O. The van der Waals surface area contributed by atoms with Gasteiger partial charge >= 0.3 is 17.6 Å². The summed E-state index contributed by atoms with van der Waals surface area (Å²) in [6.07, 6.45) is -4.51. The molecule has 0 aromatic carbocycles. The lowest BCUT2D eigenvalue weighted by Crippen LogP contribution is -2.48. The number of ether oxygens (including phenoxy) is 3. The van der Waals surface area contributed by atoms with Crippen molar-refractivity contribution in [2.75, 3.05) is 6.61 Å². The van der Waals surface area contributed by atoms with Gasteiger partial charge in [0.15, 0.2) is 24.6 Å². The van der Waals surface area contributed by atoms with Crippen LogP contribution in [0.15, 0.2) is 21.9 Å². The number of rotatable bonds is 12. The van der Waals surface area contributed by atoms with Crippen molar-refractivity contribution in [1.82, 2.24) is 19.7 Å². The minimum Gasteiger partial charge on any atom is -0.462 e. The van der Waals surface area contributed by atoms with E-state index in [9.17, 15) is 24.3 Å². The number of esters is 2. The number of halogens is 2. The molecule has 13 nitrogen and oxygen atoms in total. The summed E-state index contributed by atoms with van der Waals surface area (Å²) in [7, 11) is 0. The smallest absolute Gasteiger partial charge is 0.330 e. The predicted molar refractivity (Wildman–Crippen MR) is 139 cm³/mol. The highest BCUT2D eigenvalue weighted by atomic mass is 32.4. The normalized spacial score (nSPS) is 27.0. The molecule has 0 radical (unpaired) electrons. The second-order valence-corrected chi connectivity index (χ2v) is 13.2. The van der Waals surface area contributed by atoms with Crippen LogP contribution in [-0.4, -0.2) is 75.1 Å². The van der Waals surface area contributed by atoms with Gasteiger partial charge in [-0.05, 0) is 60.3 Å². The zero-order valence-corrected chi connectivity index (χ0v) is 24.3. The average Bonchev–Trinajstić information content (AvgIpc) is 2.97. The number of carbonyl (C=O) groups excluding carboxylic acids is 2. The lowest BCUT2D eigenvalue weighted by Gasteiger charge is -2.32. The molecule has 0 amide bonds. The summed E-state index contributed by atoms with van der Waals surface area (Å²) >= 11 is 5.52. The lowest BCUT2D eigenvalue weighted by atomic mass is 9.97. The molecular formula is C22H35F2N4O9PS. The number of carbonyl (C=O) groups is 2. The van der Waals surface area contributed by atoms with Crippen molar-refractivity contribution >= 4 is 30.3 Å². The molecule has 1 aromatic heterocycles. The molecule has 1 fully saturated rings. The zero-order chi connectivity index (χ0) is 29.9. The van der Waals surface area contributed by atoms with E-state index in [0.29, 0.717) is 4.57 Å². The minimum absolute atomic E-state index is 0.458. The minimum atomic E-state index is -3.74. The Morgan fingerprint density at radius 3 is 2.05 bits per heavy atom. The van der Waals surface area contributed by atoms with Crippen molar-refractivity contribution in [3.8, 4) is 0 Å². The molecule has 2 heterocycles. The highest BCUT2D eigenvalue weighted by Gasteiger charge is 2.65. The average molecular weight is 601 g/mol. The Bertz CT molecular complexity index is 1180. The molecule has 0 spiro atoms. The Balaban J connectivity index is 2.33. The maximum absolute atomic E-state index is 15.9. The second-order valence-electron chi connectivity index (χ2n) is 9.83. The molecular weight excluding hydrogens is 565 g/mol. The first-order chi connectivity index (χ1) is 17.8. The number of nitrogens with one attached hydrogen (secondary N) is 3. The van der Waals surface area contributed by atoms with Gasteiger partial charge in [-0.1, -0.05) is 0 Å². The van der Waals surface area contributed by atoms with E-state index >= 15 is 8.78 Å². The van der Waals surface area contributed by atoms with Gasteiger partial charge in [0.25, 0.3) is 11.4 Å². The summed E-state index contributed by atoms with van der Waals surface area (Å²) in [5.41, 5.74) is -4.75. The Morgan fingerprint density at radius 1 is 1.13 bits per heavy atom. The first kappa shape index (κ1) is 33.1. The number of H-pyrrole nitrogens is 1. The highest BCUT2D eigenvalue weighted by molar-refractivity contribution is 8.10. The third kappa shape index (κ3) is 8.22. The molecule has 0 saturated carbocycles. The first-order valence-corrected chi connectivity index (χ1v) is 14.8. The van der Waals surface area contributed by atoms with Crippen LogP contribution >= 0.6 is 6.57 Å². The quantitative estimate of drug-likeness (QED) is 0.198. The Labute approximate surface area is 228 Å².